The number of nitrogens with zero attached hydrogens (tertiary/aromatic N) is 2. The molecule has 2 unspecified atom stereocenters. The zero-order valence-corrected chi connectivity index (χ0v) is 11.9. The number of primary amides is 1. The van der Waals surface area contributed by atoms with Crippen molar-refractivity contribution >= 4 is 12.2 Å². The minimum absolute atomic E-state index is 0.127. The van der Waals surface area contributed by atoms with Crippen LogP contribution < -0.4 is 11.5 Å². The number of carbonyl (C=O) groups is 2. The molecule has 4 N–H and O–H groups in total. The van der Waals surface area contributed by atoms with Crippen molar-refractivity contribution in [3.8, 4) is 0 Å². The zero-order chi connectivity index (χ0) is 14.4. The molecule has 3 atom stereocenters. The summed E-state index contributed by atoms with van der Waals surface area (Å²) in [6.45, 7) is 4.41. The maximum absolute atomic E-state index is 11.3. The largest absolute Gasteiger partial charge is 0.368 e. The van der Waals surface area contributed by atoms with E-state index in [4.69, 9.17) is 11.5 Å². The molecule has 0 aromatic heterocycles. The fraction of sp³-hybridized carbons (Fsp3) is 0.846. The van der Waals surface area contributed by atoms with Gasteiger partial charge in [-0.1, -0.05) is 6.92 Å². The lowest BCUT2D eigenvalue weighted by molar-refractivity contribution is -0.122. The summed E-state index contributed by atoms with van der Waals surface area (Å²) in [7, 11) is 1.96. The van der Waals surface area contributed by atoms with Crippen molar-refractivity contribution in [2.75, 3.05) is 26.7 Å². The molecule has 19 heavy (non-hydrogen) atoms. The second kappa shape index (κ2) is 7.57. The van der Waals surface area contributed by atoms with E-state index in [0.29, 0.717) is 12.6 Å². The number of likely N-dealkylation sites (N-methyl/N-ethyl adjacent to an activating group) is 2. The summed E-state index contributed by atoms with van der Waals surface area (Å²) >= 11 is 0. The van der Waals surface area contributed by atoms with Gasteiger partial charge in [0, 0.05) is 12.6 Å². The molecule has 1 saturated heterocycles. The molecule has 1 rings (SSSR count). The summed E-state index contributed by atoms with van der Waals surface area (Å²) < 4.78 is 0. The lowest BCUT2D eigenvalue weighted by Gasteiger charge is -2.27. The molecule has 0 spiro atoms. The number of likely N-dealkylation sites (tertiary alicyclic amines) is 1. The molecular weight excluding hydrogens is 244 g/mol. The number of nitrogens with two attached hydrogens (primary N) is 2. The maximum atomic E-state index is 11.3. The Morgan fingerprint density at radius 2 is 2.21 bits per heavy atom. The highest BCUT2D eigenvalue weighted by molar-refractivity contribution is 5.80. The van der Waals surface area contributed by atoms with Gasteiger partial charge in [0.25, 0.3) is 0 Å². The molecule has 0 bridgehead atoms. The number of carbonyl (C=O) groups excluding carboxylic acids is 2. The lowest BCUT2D eigenvalue weighted by Crippen LogP contribution is -2.43. The Balaban J connectivity index is 2.39. The van der Waals surface area contributed by atoms with E-state index in [9.17, 15) is 9.59 Å². The van der Waals surface area contributed by atoms with Crippen LogP contribution in [0.5, 0.6) is 0 Å². The van der Waals surface area contributed by atoms with Gasteiger partial charge in [0.2, 0.25) is 5.91 Å². The smallest absolute Gasteiger partial charge is 0.234 e. The van der Waals surface area contributed by atoms with Crippen LogP contribution in [0.25, 0.3) is 0 Å². The molecule has 110 valence electrons. The monoisotopic (exact) mass is 270 g/mol. The fourth-order valence-corrected chi connectivity index (χ4v) is 2.75. The van der Waals surface area contributed by atoms with Crippen LogP contribution in [0.2, 0.25) is 0 Å². The van der Waals surface area contributed by atoms with Crippen LogP contribution in [0.4, 0.5) is 0 Å². The Morgan fingerprint density at radius 1 is 1.53 bits per heavy atom. The molecular formula is C13H26N4O2. The van der Waals surface area contributed by atoms with Gasteiger partial charge in [0.1, 0.15) is 6.29 Å². The summed E-state index contributed by atoms with van der Waals surface area (Å²) in [6, 6.07) is -0.157. The van der Waals surface area contributed by atoms with Crippen LogP contribution >= 0.6 is 0 Å². The SMILES string of the molecule is CCN(CC[C@H]1CCC(C(N)=O)N1C)CC(N)C=O. The van der Waals surface area contributed by atoms with E-state index in [0.717, 1.165) is 38.6 Å². The first-order chi connectivity index (χ1) is 8.99. The fourth-order valence-electron chi connectivity index (χ4n) is 2.75. The van der Waals surface area contributed by atoms with Crippen molar-refractivity contribution in [3.63, 3.8) is 0 Å². The first-order valence-electron chi connectivity index (χ1n) is 6.94. The number of hydrogen-bond acceptors (Lipinski definition) is 5. The summed E-state index contributed by atoms with van der Waals surface area (Å²) in [5, 5.41) is 0. The third kappa shape index (κ3) is 4.56. The number of aldehydes is 1. The first-order valence-corrected chi connectivity index (χ1v) is 6.94. The molecule has 0 aliphatic carbocycles. The standard InChI is InChI=1S/C13H26N4O2/c1-3-17(8-10(14)9-18)7-6-11-4-5-12(13(15)19)16(11)2/h9-12H,3-8,14H2,1-2H3,(H2,15,19)/t10?,11-,12?/m1/s1. The Hall–Kier alpha value is -0.980. The van der Waals surface area contributed by atoms with Gasteiger partial charge in [0.05, 0.1) is 12.1 Å². The molecule has 0 saturated carbocycles. The molecule has 1 aliphatic heterocycles. The van der Waals surface area contributed by atoms with Gasteiger partial charge in [-0.2, -0.15) is 0 Å². The van der Waals surface area contributed by atoms with Gasteiger partial charge in [-0.3, -0.25) is 9.69 Å². The third-order valence-electron chi connectivity index (χ3n) is 4.04. The van der Waals surface area contributed by atoms with Crippen LogP contribution in [0.1, 0.15) is 26.2 Å². The van der Waals surface area contributed by atoms with Crippen molar-refractivity contribution in [2.24, 2.45) is 11.5 Å². The summed E-state index contributed by atoms with van der Waals surface area (Å²) in [5.74, 6) is -0.236. The topological polar surface area (TPSA) is 92.7 Å². The Labute approximate surface area is 115 Å². The van der Waals surface area contributed by atoms with Gasteiger partial charge in [-0.05, 0) is 39.4 Å². The van der Waals surface area contributed by atoms with Gasteiger partial charge in [0.15, 0.2) is 0 Å². The van der Waals surface area contributed by atoms with Crippen molar-refractivity contribution in [1.29, 1.82) is 0 Å². The molecule has 1 aliphatic rings. The molecule has 0 aromatic carbocycles. The van der Waals surface area contributed by atoms with E-state index in [1.807, 2.05) is 7.05 Å². The average Bonchev–Trinajstić information content (AvgIpc) is 2.75. The zero-order valence-electron chi connectivity index (χ0n) is 11.9. The van der Waals surface area contributed by atoms with E-state index >= 15 is 0 Å². The van der Waals surface area contributed by atoms with Gasteiger partial charge >= 0.3 is 0 Å². The lowest BCUT2D eigenvalue weighted by atomic mass is 10.1. The van der Waals surface area contributed by atoms with Crippen LogP contribution in [-0.4, -0.2) is 66.8 Å². The van der Waals surface area contributed by atoms with E-state index in [-0.39, 0.29) is 11.9 Å². The summed E-state index contributed by atoms with van der Waals surface area (Å²) in [5.41, 5.74) is 11.0. The van der Waals surface area contributed by atoms with Crippen LogP contribution in [0.15, 0.2) is 0 Å². The van der Waals surface area contributed by atoms with Gasteiger partial charge < -0.3 is 21.2 Å². The molecule has 1 fully saturated rings. The van der Waals surface area contributed by atoms with Crippen LogP contribution in [0.3, 0.4) is 0 Å². The maximum Gasteiger partial charge on any atom is 0.234 e. The average molecular weight is 270 g/mol. The summed E-state index contributed by atoms with van der Waals surface area (Å²) in [4.78, 5) is 26.1. The van der Waals surface area contributed by atoms with Crippen molar-refractivity contribution in [3.05, 3.63) is 0 Å². The molecule has 1 amide bonds. The Bertz CT molecular complexity index is 311. The Morgan fingerprint density at radius 3 is 2.68 bits per heavy atom. The number of rotatable bonds is 8. The van der Waals surface area contributed by atoms with Crippen molar-refractivity contribution in [1.82, 2.24) is 9.80 Å². The predicted molar refractivity (Wildman–Crippen MR) is 74.5 cm³/mol. The van der Waals surface area contributed by atoms with E-state index in [1.54, 1.807) is 0 Å². The number of hydrogen-bond donors (Lipinski definition) is 2. The minimum Gasteiger partial charge on any atom is -0.368 e. The normalized spacial score (nSPS) is 25.7. The molecule has 1 heterocycles. The highest BCUT2D eigenvalue weighted by Crippen LogP contribution is 2.24. The highest BCUT2D eigenvalue weighted by Gasteiger charge is 2.33. The second-order valence-corrected chi connectivity index (χ2v) is 5.30. The Kier molecular flexibility index (Phi) is 6.41. The van der Waals surface area contributed by atoms with E-state index in [2.05, 4.69) is 16.7 Å². The van der Waals surface area contributed by atoms with Gasteiger partial charge in [-0.15, -0.1) is 0 Å². The van der Waals surface area contributed by atoms with Crippen molar-refractivity contribution < 1.29 is 9.59 Å². The predicted octanol–water partition coefficient (Wildman–Crippen LogP) is -0.827. The third-order valence-corrected chi connectivity index (χ3v) is 4.04. The molecule has 6 heteroatoms. The highest BCUT2D eigenvalue weighted by atomic mass is 16.1. The quantitative estimate of drug-likeness (QED) is 0.562. The second-order valence-electron chi connectivity index (χ2n) is 5.30. The van der Waals surface area contributed by atoms with Crippen LogP contribution in [0, 0.1) is 0 Å². The van der Waals surface area contributed by atoms with Crippen LogP contribution in [-0.2, 0) is 9.59 Å². The van der Waals surface area contributed by atoms with E-state index in [1.165, 1.54) is 0 Å². The molecule has 6 nitrogen and oxygen atoms in total. The molecule has 0 aromatic rings. The first kappa shape index (κ1) is 16.1. The summed E-state index contributed by atoms with van der Waals surface area (Å²) in [6.07, 6.45) is 3.60. The molecule has 0 radical (unpaired) electrons. The minimum atomic E-state index is -0.417. The van der Waals surface area contributed by atoms with Crippen molar-refractivity contribution in [2.45, 2.75) is 44.3 Å². The van der Waals surface area contributed by atoms with Gasteiger partial charge in [-0.25, -0.2) is 0 Å². The van der Waals surface area contributed by atoms with E-state index < -0.39 is 6.04 Å². The number of amides is 1.